The summed E-state index contributed by atoms with van der Waals surface area (Å²) in [5.74, 6) is -1.33. The molecular formula is C17H31N2O8+. The van der Waals surface area contributed by atoms with E-state index in [1.54, 1.807) is 25.8 Å². The molecule has 0 unspecified atom stereocenters. The first-order valence-electron chi connectivity index (χ1n) is 7.57. The van der Waals surface area contributed by atoms with Crippen LogP contribution in [0.5, 0.6) is 0 Å². The molecule has 156 valence electrons. The van der Waals surface area contributed by atoms with Crippen LogP contribution in [-0.4, -0.2) is 89.3 Å². The van der Waals surface area contributed by atoms with Gasteiger partial charge >= 0.3 is 18.4 Å². The minimum atomic E-state index is -0.587. The highest BCUT2D eigenvalue weighted by molar-refractivity contribution is 6.09. The zero-order valence-electron chi connectivity index (χ0n) is 17.3. The van der Waals surface area contributed by atoms with Crippen LogP contribution in [0.3, 0.4) is 0 Å². The van der Waals surface area contributed by atoms with Crippen LogP contribution in [0.15, 0.2) is 16.3 Å². The maximum absolute atomic E-state index is 10.8. The molecule has 0 rings (SSSR count). The molecule has 0 aliphatic rings. The first-order valence-corrected chi connectivity index (χ1v) is 7.57. The molecule has 0 amide bonds. The summed E-state index contributed by atoms with van der Waals surface area (Å²) in [4.78, 5) is 34.7. The number of aliphatic hydroxyl groups excluding tert-OH is 1. The Labute approximate surface area is 160 Å². The minimum Gasteiger partial charge on any atom is -0.512 e. The second-order valence-electron chi connectivity index (χ2n) is 4.87. The number of ketones is 1. The van der Waals surface area contributed by atoms with Gasteiger partial charge < -0.3 is 24.1 Å². The summed E-state index contributed by atoms with van der Waals surface area (Å²) in [5, 5.41) is 8.93. The van der Waals surface area contributed by atoms with Crippen molar-refractivity contribution in [2.45, 2.75) is 26.7 Å². The average Bonchev–Trinajstić information content (AvgIpc) is 2.60. The van der Waals surface area contributed by atoms with E-state index < -0.39 is 11.9 Å². The molecule has 0 aromatic rings. The molecule has 10 nitrogen and oxygen atoms in total. The highest BCUT2D eigenvalue weighted by Gasteiger charge is 2.10. The molecule has 10 heteroatoms. The van der Waals surface area contributed by atoms with Crippen LogP contribution in [0.25, 0.3) is 0 Å². The maximum Gasteiger partial charge on any atom is 0.374 e. The Hall–Kier alpha value is -2.59. The lowest BCUT2D eigenvalue weighted by Crippen LogP contribution is -2.25. The summed E-state index contributed by atoms with van der Waals surface area (Å²) in [6.45, 7) is 6.30. The number of allylic oxidation sites excluding steroid dienone is 1. The second-order valence-corrected chi connectivity index (χ2v) is 4.87. The summed E-state index contributed by atoms with van der Waals surface area (Å²) < 4.78 is 19.8. The number of esters is 2. The standard InChI is InChI=1S/C7H11NO3.C5H12NO2.C5H8O3/c1-5(9)6(4-8-2)7(10)11-3;1-6(2)5(7-3)8-4;1-4(6)3-5(7)8-2/h4,9H,1-3H3;5H,1H2,2-4H3;3H2,1-2H3/q;+1;. The Morgan fingerprint density at radius 3 is 1.74 bits per heavy atom. The molecule has 0 radical (unpaired) electrons. The number of aliphatic hydroxyl groups is 1. The van der Waals surface area contributed by atoms with Crippen molar-refractivity contribution in [3.8, 4) is 0 Å². The molecule has 0 atom stereocenters. The van der Waals surface area contributed by atoms with E-state index in [0.717, 1.165) is 0 Å². The first-order chi connectivity index (χ1) is 12.5. The molecule has 1 N–H and O–H groups in total. The summed E-state index contributed by atoms with van der Waals surface area (Å²) in [7, 11) is 8.91. The number of carbonyl (C=O) groups excluding carboxylic acids is 3. The lowest BCUT2D eigenvalue weighted by molar-refractivity contribution is -0.633. The van der Waals surface area contributed by atoms with Crippen LogP contribution in [-0.2, 0) is 33.3 Å². The Balaban J connectivity index is -0.000000327. The number of ether oxygens (including phenoxy) is 4. The van der Waals surface area contributed by atoms with Crippen molar-refractivity contribution >= 4 is 30.7 Å². The van der Waals surface area contributed by atoms with Crippen molar-refractivity contribution in [2.24, 2.45) is 4.99 Å². The molecule has 0 saturated heterocycles. The monoisotopic (exact) mass is 391 g/mol. The van der Waals surface area contributed by atoms with Gasteiger partial charge in [0.05, 0.1) is 14.2 Å². The molecule has 0 fully saturated rings. The van der Waals surface area contributed by atoms with Gasteiger partial charge in [-0.3, -0.25) is 14.6 Å². The zero-order chi connectivity index (χ0) is 22.0. The van der Waals surface area contributed by atoms with Crippen molar-refractivity contribution in [1.82, 2.24) is 0 Å². The molecule has 0 spiro atoms. The topological polar surface area (TPSA) is 124 Å². The van der Waals surface area contributed by atoms with E-state index in [9.17, 15) is 14.4 Å². The highest BCUT2D eigenvalue weighted by atomic mass is 16.7. The number of aliphatic imine (C=N–C) groups is 1. The molecule has 0 bridgehead atoms. The third kappa shape index (κ3) is 18.0. The van der Waals surface area contributed by atoms with E-state index in [1.807, 2.05) is 0 Å². The van der Waals surface area contributed by atoms with E-state index in [0.29, 0.717) is 0 Å². The summed E-state index contributed by atoms with van der Waals surface area (Å²) in [6, 6.07) is 0. The molecular weight excluding hydrogens is 360 g/mol. The Morgan fingerprint density at radius 1 is 1.11 bits per heavy atom. The number of methoxy groups -OCH3 is 4. The van der Waals surface area contributed by atoms with Crippen molar-refractivity contribution in [2.75, 3.05) is 42.5 Å². The van der Waals surface area contributed by atoms with Gasteiger partial charge in [0.2, 0.25) is 0 Å². The molecule has 0 aromatic carbocycles. The lowest BCUT2D eigenvalue weighted by atomic mass is 10.2. The zero-order valence-corrected chi connectivity index (χ0v) is 17.3. The Bertz CT molecular complexity index is 533. The number of carbonyl (C=O) groups is 3. The minimum absolute atomic E-state index is 0.0787. The van der Waals surface area contributed by atoms with Crippen LogP contribution in [0, 0.1) is 0 Å². The number of hydrogen-bond donors (Lipinski definition) is 1. The molecule has 0 aliphatic carbocycles. The number of Topliss-reactive ketones (excluding diaryl/α,β-unsaturated/α-hetero) is 1. The highest BCUT2D eigenvalue weighted by Crippen LogP contribution is 1.99. The van der Waals surface area contributed by atoms with E-state index >= 15 is 0 Å². The van der Waals surface area contributed by atoms with E-state index in [-0.39, 0.29) is 30.0 Å². The third-order valence-electron chi connectivity index (χ3n) is 2.44. The molecule has 0 aliphatic heterocycles. The van der Waals surface area contributed by atoms with Crippen LogP contribution >= 0.6 is 0 Å². The molecule has 27 heavy (non-hydrogen) atoms. The first kappa shape index (κ1) is 29.2. The van der Waals surface area contributed by atoms with Gasteiger partial charge in [0.15, 0.2) is 0 Å². The molecule has 0 aromatic heterocycles. The third-order valence-corrected chi connectivity index (χ3v) is 2.44. The normalized spacial score (nSPS) is 10.7. The van der Waals surface area contributed by atoms with E-state index in [1.165, 1.54) is 41.3 Å². The predicted octanol–water partition coefficient (Wildman–Crippen LogP) is 0.736. The maximum atomic E-state index is 10.8. The quantitative estimate of drug-likeness (QED) is 0.128. The van der Waals surface area contributed by atoms with Gasteiger partial charge in [0.1, 0.15) is 37.3 Å². The average molecular weight is 391 g/mol. The van der Waals surface area contributed by atoms with Gasteiger partial charge in [-0.1, -0.05) is 0 Å². The van der Waals surface area contributed by atoms with Gasteiger partial charge in [-0.2, -0.15) is 4.58 Å². The van der Waals surface area contributed by atoms with Crippen molar-refractivity contribution in [3.63, 3.8) is 0 Å². The Morgan fingerprint density at radius 2 is 1.59 bits per heavy atom. The fourth-order valence-corrected chi connectivity index (χ4v) is 1.26. The molecule has 0 saturated carbocycles. The van der Waals surface area contributed by atoms with Crippen LogP contribution in [0.4, 0.5) is 0 Å². The van der Waals surface area contributed by atoms with Gasteiger partial charge in [0, 0.05) is 27.5 Å². The summed E-state index contributed by atoms with van der Waals surface area (Å²) in [5.41, 5.74) is 0.0787. The van der Waals surface area contributed by atoms with Gasteiger partial charge in [-0.05, 0) is 13.8 Å². The van der Waals surface area contributed by atoms with Crippen LogP contribution in [0.2, 0.25) is 0 Å². The van der Waals surface area contributed by atoms with Crippen molar-refractivity contribution in [3.05, 3.63) is 11.3 Å². The Kier molecular flexibility index (Phi) is 19.7. The fraction of sp³-hybridized carbons (Fsp3) is 0.588. The van der Waals surface area contributed by atoms with Crippen molar-refractivity contribution in [1.29, 1.82) is 0 Å². The van der Waals surface area contributed by atoms with Gasteiger partial charge in [-0.15, -0.1) is 0 Å². The number of rotatable bonds is 7. The fourth-order valence-electron chi connectivity index (χ4n) is 1.26. The SMILES string of the molecule is C=[N+](C)C(OC)OC.CN=CC(C(=O)OC)=C(C)O.COC(=O)CC(C)=O. The molecule has 0 heterocycles. The lowest BCUT2D eigenvalue weighted by Gasteiger charge is -2.05. The largest absolute Gasteiger partial charge is 0.512 e. The van der Waals surface area contributed by atoms with Gasteiger partial charge in [-0.25, -0.2) is 4.79 Å². The smallest absolute Gasteiger partial charge is 0.374 e. The van der Waals surface area contributed by atoms with Crippen LogP contribution < -0.4 is 0 Å². The van der Waals surface area contributed by atoms with Crippen molar-refractivity contribution < 1.29 is 43.0 Å². The second kappa shape index (κ2) is 18.2. The summed E-state index contributed by atoms with van der Waals surface area (Å²) >= 11 is 0. The summed E-state index contributed by atoms with van der Waals surface area (Å²) in [6.07, 6.45) is 0.812. The number of hydrogen-bond acceptors (Lipinski definition) is 9. The van der Waals surface area contributed by atoms with E-state index in [2.05, 4.69) is 21.2 Å². The number of nitrogens with zero attached hydrogens (tertiary/aromatic N) is 2. The van der Waals surface area contributed by atoms with Gasteiger partial charge in [0.25, 0.3) is 0 Å². The van der Waals surface area contributed by atoms with E-state index in [4.69, 9.17) is 14.6 Å². The predicted molar refractivity (Wildman–Crippen MR) is 100 cm³/mol. The van der Waals surface area contributed by atoms with Crippen LogP contribution in [0.1, 0.15) is 20.3 Å².